The fraction of sp³-hybridized carbons (Fsp3) is 0.611. The molecule has 3 rings (SSSR count). The van der Waals surface area contributed by atoms with E-state index >= 15 is 0 Å². The van der Waals surface area contributed by atoms with Crippen molar-refractivity contribution in [2.24, 2.45) is 17.6 Å². The molecule has 0 aromatic heterocycles. The van der Waals surface area contributed by atoms with Gasteiger partial charge in [0, 0.05) is 18.5 Å². The van der Waals surface area contributed by atoms with Crippen molar-refractivity contribution in [3.63, 3.8) is 0 Å². The SMILES string of the molecule is Cl.NC(CNC(=O)C1CCC(c2ccccc2)CC1)C1CC1. The Hall–Kier alpha value is -1.06. The molecule has 2 aliphatic carbocycles. The van der Waals surface area contributed by atoms with Crippen molar-refractivity contribution >= 4 is 18.3 Å². The first-order valence-electron chi connectivity index (χ1n) is 8.32. The third-order valence-corrected chi connectivity index (χ3v) is 5.11. The second-order valence-corrected chi connectivity index (χ2v) is 6.71. The molecule has 4 heteroatoms. The summed E-state index contributed by atoms with van der Waals surface area (Å²) in [6, 6.07) is 10.8. The molecule has 0 spiro atoms. The van der Waals surface area contributed by atoms with Crippen LogP contribution < -0.4 is 11.1 Å². The number of nitrogens with one attached hydrogen (secondary N) is 1. The monoisotopic (exact) mass is 322 g/mol. The van der Waals surface area contributed by atoms with E-state index in [0.29, 0.717) is 18.4 Å². The normalized spacial score (nSPS) is 25.9. The van der Waals surface area contributed by atoms with E-state index in [9.17, 15) is 4.79 Å². The minimum absolute atomic E-state index is 0. The summed E-state index contributed by atoms with van der Waals surface area (Å²) in [7, 11) is 0. The minimum atomic E-state index is 0. The van der Waals surface area contributed by atoms with Crippen molar-refractivity contribution in [1.29, 1.82) is 0 Å². The van der Waals surface area contributed by atoms with Crippen molar-refractivity contribution in [3.8, 4) is 0 Å². The van der Waals surface area contributed by atoms with Gasteiger partial charge in [-0.1, -0.05) is 30.3 Å². The average molecular weight is 323 g/mol. The molecule has 1 aromatic carbocycles. The van der Waals surface area contributed by atoms with Gasteiger partial charge in [-0.15, -0.1) is 12.4 Å². The Labute approximate surface area is 139 Å². The molecule has 1 aromatic rings. The molecule has 3 nitrogen and oxygen atoms in total. The largest absolute Gasteiger partial charge is 0.354 e. The Bertz CT molecular complexity index is 467. The Morgan fingerprint density at radius 2 is 1.73 bits per heavy atom. The zero-order chi connectivity index (χ0) is 14.7. The van der Waals surface area contributed by atoms with Gasteiger partial charge >= 0.3 is 0 Å². The van der Waals surface area contributed by atoms with Crippen molar-refractivity contribution in [1.82, 2.24) is 5.32 Å². The van der Waals surface area contributed by atoms with Gasteiger partial charge in [0.15, 0.2) is 0 Å². The number of hydrogen-bond acceptors (Lipinski definition) is 2. The summed E-state index contributed by atoms with van der Waals surface area (Å²) < 4.78 is 0. The highest BCUT2D eigenvalue weighted by molar-refractivity contribution is 5.85. The summed E-state index contributed by atoms with van der Waals surface area (Å²) in [5.41, 5.74) is 7.46. The van der Waals surface area contributed by atoms with Crippen molar-refractivity contribution in [2.75, 3.05) is 6.54 Å². The van der Waals surface area contributed by atoms with E-state index in [2.05, 4.69) is 35.6 Å². The maximum atomic E-state index is 12.2. The van der Waals surface area contributed by atoms with Crippen molar-refractivity contribution < 1.29 is 4.79 Å². The molecule has 0 bridgehead atoms. The highest BCUT2D eigenvalue weighted by atomic mass is 35.5. The van der Waals surface area contributed by atoms with Gasteiger partial charge in [-0.05, 0) is 55.9 Å². The number of carbonyl (C=O) groups is 1. The van der Waals surface area contributed by atoms with Crippen LogP contribution in [0.5, 0.6) is 0 Å². The van der Waals surface area contributed by atoms with E-state index in [1.54, 1.807) is 0 Å². The van der Waals surface area contributed by atoms with Gasteiger partial charge in [0.25, 0.3) is 0 Å². The first kappa shape index (κ1) is 17.3. The van der Waals surface area contributed by atoms with Crippen LogP contribution in [0, 0.1) is 11.8 Å². The smallest absolute Gasteiger partial charge is 0.223 e. The van der Waals surface area contributed by atoms with Gasteiger partial charge in [-0.2, -0.15) is 0 Å². The predicted octanol–water partition coefficient (Wildman–Crippen LogP) is 3.24. The Kier molecular flexibility index (Phi) is 6.27. The van der Waals surface area contributed by atoms with Crippen molar-refractivity contribution in [2.45, 2.75) is 50.5 Å². The quantitative estimate of drug-likeness (QED) is 0.874. The Balaban J connectivity index is 0.00000176. The van der Waals surface area contributed by atoms with E-state index in [1.165, 1.54) is 18.4 Å². The minimum Gasteiger partial charge on any atom is -0.354 e. The summed E-state index contributed by atoms with van der Waals surface area (Å²) in [6.07, 6.45) is 6.72. The summed E-state index contributed by atoms with van der Waals surface area (Å²) in [5.74, 6) is 1.69. The second kappa shape index (κ2) is 7.98. The maximum absolute atomic E-state index is 12.2. The molecule has 2 aliphatic rings. The summed E-state index contributed by atoms with van der Waals surface area (Å²) in [4.78, 5) is 12.2. The number of benzene rings is 1. The molecule has 2 saturated carbocycles. The average Bonchev–Trinajstić information content (AvgIpc) is 3.38. The van der Waals surface area contributed by atoms with Crippen LogP contribution in [0.15, 0.2) is 30.3 Å². The summed E-state index contributed by atoms with van der Waals surface area (Å²) in [6.45, 7) is 0.655. The number of hydrogen-bond donors (Lipinski definition) is 2. The number of amides is 1. The fourth-order valence-electron chi connectivity index (χ4n) is 3.47. The highest BCUT2D eigenvalue weighted by Gasteiger charge is 2.30. The molecule has 22 heavy (non-hydrogen) atoms. The molecule has 3 N–H and O–H groups in total. The first-order chi connectivity index (χ1) is 10.2. The molecule has 2 fully saturated rings. The van der Waals surface area contributed by atoms with Gasteiger partial charge in [0.2, 0.25) is 5.91 Å². The molecule has 1 atom stereocenters. The van der Waals surface area contributed by atoms with Crippen LogP contribution >= 0.6 is 12.4 Å². The third kappa shape index (κ3) is 4.47. The van der Waals surface area contributed by atoms with Gasteiger partial charge < -0.3 is 11.1 Å². The van der Waals surface area contributed by atoms with Crippen LogP contribution in [0.4, 0.5) is 0 Å². The fourth-order valence-corrected chi connectivity index (χ4v) is 3.47. The lowest BCUT2D eigenvalue weighted by atomic mass is 9.78. The molecular weight excluding hydrogens is 296 g/mol. The van der Waals surface area contributed by atoms with Crippen LogP contribution in [-0.2, 0) is 4.79 Å². The molecule has 0 heterocycles. The van der Waals surface area contributed by atoms with E-state index in [4.69, 9.17) is 5.73 Å². The van der Waals surface area contributed by atoms with Crippen LogP contribution in [-0.4, -0.2) is 18.5 Å². The second-order valence-electron chi connectivity index (χ2n) is 6.71. The third-order valence-electron chi connectivity index (χ3n) is 5.11. The van der Waals surface area contributed by atoms with E-state index < -0.39 is 0 Å². The first-order valence-corrected chi connectivity index (χ1v) is 8.32. The molecule has 0 radical (unpaired) electrons. The molecule has 1 amide bonds. The van der Waals surface area contributed by atoms with Gasteiger partial charge in [0.05, 0.1) is 0 Å². The van der Waals surface area contributed by atoms with Gasteiger partial charge in [-0.3, -0.25) is 4.79 Å². The molecule has 0 saturated heterocycles. The van der Waals surface area contributed by atoms with Crippen LogP contribution in [0.3, 0.4) is 0 Å². The topological polar surface area (TPSA) is 55.1 Å². The van der Waals surface area contributed by atoms with Crippen LogP contribution in [0.1, 0.15) is 50.0 Å². The number of carbonyl (C=O) groups excluding carboxylic acids is 1. The van der Waals surface area contributed by atoms with Crippen LogP contribution in [0.25, 0.3) is 0 Å². The maximum Gasteiger partial charge on any atom is 0.223 e. The molecule has 0 aliphatic heterocycles. The standard InChI is InChI=1S/C18H26N2O.ClH/c19-17(15-8-9-15)12-20-18(21)16-10-6-14(7-11-16)13-4-2-1-3-5-13;/h1-5,14-17H,6-12,19H2,(H,20,21);1H. The summed E-state index contributed by atoms with van der Waals surface area (Å²) >= 11 is 0. The zero-order valence-corrected chi connectivity index (χ0v) is 13.9. The van der Waals surface area contributed by atoms with E-state index in [-0.39, 0.29) is 30.3 Å². The van der Waals surface area contributed by atoms with E-state index in [0.717, 1.165) is 25.7 Å². The Morgan fingerprint density at radius 3 is 2.32 bits per heavy atom. The Morgan fingerprint density at radius 1 is 1.09 bits per heavy atom. The number of nitrogens with two attached hydrogens (primary N) is 1. The summed E-state index contributed by atoms with van der Waals surface area (Å²) in [5, 5.41) is 3.06. The molecular formula is C18H27ClN2O. The van der Waals surface area contributed by atoms with Gasteiger partial charge in [0.1, 0.15) is 0 Å². The number of halogens is 1. The van der Waals surface area contributed by atoms with Crippen molar-refractivity contribution in [3.05, 3.63) is 35.9 Å². The molecule has 122 valence electrons. The van der Waals surface area contributed by atoms with Gasteiger partial charge in [-0.25, -0.2) is 0 Å². The zero-order valence-electron chi connectivity index (χ0n) is 13.0. The lowest BCUT2D eigenvalue weighted by Crippen LogP contribution is -2.41. The molecule has 1 unspecified atom stereocenters. The number of rotatable bonds is 5. The lowest BCUT2D eigenvalue weighted by molar-refractivity contribution is -0.126. The van der Waals surface area contributed by atoms with Crippen LogP contribution in [0.2, 0.25) is 0 Å². The predicted molar refractivity (Wildman–Crippen MR) is 92.1 cm³/mol. The highest BCUT2D eigenvalue weighted by Crippen LogP contribution is 2.36. The van der Waals surface area contributed by atoms with E-state index in [1.807, 2.05) is 0 Å². The lowest BCUT2D eigenvalue weighted by Gasteiger charge is -2.28.